The van der Waals surface area contributed by atoms with E-state index in [0.29, 0.717) is 4.90 Å². The molecule has 3 aliphatic rings. The Morgan fingerprint density at radius 1 is 1.00 bits per heavy atom. The lowest BCUT2D eigenvalue weighted by Crippen LogP contribution is -2.53. The minimum atomic E-state index is -3.20. The highest BCUT2D eigenvalue weighted by Gasteiger charge is 2.48. The van der Waals surface area contributed by atoms with E-state index in [9.17, 15) is 8.42 Å². The van der Waals surface area contributed by atoms with Crippen LogP contribution in [0.25, 0.3) is 0 Å². The van der Waals surface area contributed by atoms with E-state index in [4.69, 9.17) is 5.73 Å². The molecule has 2 bridgehead atoms. The molecule has 3 aliphatic carbocycles. The predicted octanol–water partition coefficient (Wildman–Crippen LogP) is 3.27. The third-order valence-electron chi connectivity index (χ3n) is 5.13. The van der Waals surface area contributed by atoms with Crippen molar-refractivity contribution in [1.82, 2.24) is 0 Å². The number of rotatable bonds is 3. The van der Waals surface area contributed by atoms with Crippen molar-refractivity contribution in [2.24, 2.45) is 11.1 Å². The molecule has 0 saturated heterocycles. The molecule has 3 fully saturated rings. The highest BCUT2D eigenvalue weighted by molar-refractivity contribution is 9.10. The quantitative estimate of drug-likeness (QED) is 0.902. The summed E-state index contributed by atoms with van der Waals surface area (Å²) in [7, 11) is -3.20. The van der Waals surface area contributed by atoms with Gasteiger partial charge < -0.3 is 5.73 Å². The molecular weight excluding hydrogens is 338 g/mol. The Morgan fingerprint density at radius 3 is 2.00 bits per heavy atom. The van der Waals surface area contributed by atoms with E-state index in [0.717, 1.165) is 43.0 Å². The molecule has 1 aromatic carbocycles. The summed E-state index contributed by atoms with van der Waals surface area (Å²) in [5, 5.41) is 0. The van der Waals surface area contributed by atoms with Gasteiger partial charge in [-0.3, -0.25) is 0 Å². The maximum atomic E-state index is 12.6. The third kappa shape index (κ3) is 2.68. The molecule has 1 aromatic rings. The molecule has 0 heterocycles. The lowest BCUT2D eigenvalue weighted by atomic mass is 9.58. The van der Waals surface area contributed by atoms with E-state index in [1.54, 1.807) is 24.3 Å². The van der Waals surface area contributed by atoms with Gasteiger partial charge >= 0.3 is 0 Å². The van der Waals surface area contributed by atoms with E-state index in [2.05, 4.69) is 15.9 Å². The van der Waals surface area contributed by atoms with Gasteiger partial charge in [-0.15, -0.1) is 0 Å². The van der Waals surface area contributed by atoms with Gasteiger partial charge in [0.05, 0.1) is 10.6 Å². The molecule has 0 atom stereocenters. The van der Waals surface area contributed by atoms with Crippen LogP contribution in [0.5, 0.6) is 0 Å². The maximum Gasteiger partial charge on any atom is 0.178 e. The SMILES string of the molecule is NC12CCC(CS(=O)(=O)c3ccc(Br)cc3)(CC1)CC2. The maximum absolute atomic E-state index is 12.6. The van der Waals surface area contributed by atoms with E-state index in [-0.39, 0.29) is 16.7 Å². The summed E-state index contributed by atoms with van der Waals surface area (Å²) in [5.74, 6) is 0.276. The smallest absolute Gasteiger partial charge is 0.178 e. The topological polar surface area (TPSA) is 60.2 Å². The zero-order valence-corrected chi connectivity index (χ0v) is 13.8. The Hall–Kier alpha value is -0.390. The Kier molecular flexibility index (Phi) is 3.50. The number of nitrogens with two attached hydrogens (primary N) is 1. The summed E-state index contributed by atoms with van der Waals surface area (Å²) in [6.07, 6.45) is 5.80. The molecule has 5 heteroatoms. The first kappa shape index (κ1) is 14.5. The lowest BCUT2D eigenvalue weighted by Gasteiger charge is -2.51. The molecule has 0 radical (unpaired) electrons. The fraction of sp³-hybridized carbons (Fsp3) is 0.600. The molecule has 0 aliphatic heterocycles. The third-order valence-corrected chi connectivity index (χ3v) is 7.64. The van der Waals surface area contributed by atoms with Crippen molar-refractivity contribution in [1.29, 1.82) is 0 Å². The number of fused-ring (bicyclic) bond motifs is 3. The average Bonchev–Trinajstić information content (AvgIpc) is 2.41. The van der Waals surface area contributed by atoms with Crippen LogP contribution in [0.15, 0.2) is 33.6 Å². The summed E-state index contributed by atoms with van der Waals surface area (Å²) in [6, 6.07) is 6.96. The van der Waals surface area contributed by atoms with Crippen LogP contribution in [0.2, 0.25) is 0 Å². The number of hydrogen-bond donors (Lipinski definition) is 1. The summed E-state index contributed by atoms with van der Waals surface area (Å²) in [4.78, 5) is 0.435. The molecule has 0 unspecified atom stereocenters. The number of hydrogen-bond acceptors (Lipinski definition) is 3. The monoisotopic (exact) mass is 357 g/mol. The molecule has 0 amide bonds. The van der Waals surface area contributed by atoms with Gasteiger partial charge in [0.25, 0.3) is 0 Å². The second-order valence-corrected chi connectivity index (χ2v) is 9.48. The van der Waals surface area contributed by atoms with Gasteiger partial charge in [-0.2, -0.15) is 0 Å². The highest BCUT2D eigenvalue weighted by Crippen LogP contribution is 2.52. The number of benzene rings is 1. The van der Waals surface area contributed by atoms with Crippen LogP contribution in [-0.2, 0) is 9.84 Å². The van der Waals surface area contributed by atoms with E-state index in [1.807, 2.05) is 0 Å². The van der Waals surface area contributed by atoms with Gasteiger partial charge in [0.2, 0.25) is 0 Å². The Balaban J connectivity index is 1.82. The minimum absolute atomic E-state index is 0.0108. The molecule has 3 saturated carbocycles. The Bertz CT molecular complexity index is 585. The summed E-state index contributed by atoms with van der Waals surface area (Å²) in [5.41, 5.74) is 6.25. The van der Waals surface area contributed by atoms with E-state index >= 15 is 0 Å². The minimum Gasteiger partial charge on any atom is -0.325 e. The van der Waals surface area contributed by atoms with Crippen LogP contribution in [0.4, 0.5) is 0 Å². The van der Waals surface area contributed by atoms with Crippen molar-refractivity contribution >= 4 is 25.8 Å². The van der Waals surface area contributed by atoms with Crippen LogP contribution >= 0.6 is 15.9 Å². The second-order valence-electron chi connectivity index (χ2n) is 6.58. The van der Waals surface area contributed by atoms with Crippen LogP contribution in [-0.4, -0.2) is 19.7 Å². The zero-order valence-electron chi connectivity index (χ0n) is 11.4. The van der Waals surface area contributed by atoms with Crippen molar-refractivity contribution < 1.29 is 8.42 Å². The van der Waals surface area contributed by atoms with Crippen LogP contribution in [0.3, 0.4) is 0 Å². The van der Waals surface area contributed by atoms with Gasteiger partial charge in [0.1, 0.15) is 0 Å². The van der Waals surface area contributed by atoms with Crippen LogP contribution < -0.4 is 5.73 Å². The van der Waals surface area contributed by atoms with Crippen LogP contribution in [0.1, 0.15) is 38.5 Å². The highest BCUT2D eigenvalue weighted by atomic mass is 79.9. The number of sulfone groups is 1. The van der Waals surface area contributed by atoms with Crippen LogP contribution in [0, 0.1) is 5.41 Å². The van der Waals surface area contributed by atoms with Crippen molar-refractivity contribution in [2.45, 2.75) is 49.0 Å². The molecule has 110 valence electrons. The number of halogens is 1. The predicted molar refractivity (Wildman–Crippen MR) is 83.2 cm³/mol. The van der Waals surface area contributed by atoms with Gasteiger partial charge in [-0.05, 0) is 68.2 Å². The summed E-state index contributed by atoms with van der Waals surface area (Å²) in [6.45, 7) is 0. The molecule has 0 aromatic heterocycles. The first-order valence-corrected chi connectivity index (χ1v) is 9.55. The molecule has 3 nitrogen and oxygen atoms in total. The van der Waals surface area contributed by atoms with E-state index in [1.165, 1.54) is 0 Å². The molecule has 0 spiro atoms. The first-order valence-electron chi connectivity index (χ1n) is 7.10. The fourth-order valence-corrected chi connectivity index (χ4v) is 5.86. The van der Waals surface area contributed by atoms with Crippen molar-refractivity contribution in [3.63, 3.8) is 0 Å². The molecular formula is C15H20BrNO2S. The van der Waals surface area contributed by atoms with Gasteiger partial charge in [0, 0.05) is 10.0 Å². The molecule has 20 heavy (non-hydrogen) atoms. The fourth-order valence-electron chi connectivity index (χ4n) is 3.64. The molecule has 4 rings (SSSR count). The van der Waals surface area contributed by atoms with E-state index < -0.39 is 9.84 Å². The summed E-state index contributed by atoms with van der Waals surface area (Å²) < 4.78 is 26.2. The molecule has 2 N–H and O–H groups in total. The summed E-state index contributed by atoms with van der Waals surface area (Å²) >= 11 is 3.34. The van der Waals surface area contributed by atoms with Crippen molar-refractivity contribution in [2.75, 3.05) is 5.75 Å². The zero-order chi connectivity index (χ0) is 14.4. The van der Waals surface area contributed by atoms with Crippen molar-refractivity contribution in [3.05, 3.63) is 28.7 Å². The Labute approximate surface area is 129 Å². The van der Waals surface area contributed by atoms with Crippen molar-refractivity contribution in [3.8, 4) is 0 Å². The second kappa shape index (κ2) is 4.82. The van der Waals surface area contributed by atoms with Gasteiger partial charge in [-0.25, -0.2) is 8.42 Å². The van der Waals surface area contributed by atoms with Gasteiger partial charge in [-0.1, -0.05) is 15.9 Å². The first-order chi connectivity index (χ1) is 9.33. The van der Waals surface area contributed by atoms with Gasteiger partial charge in [0.15, 0.2) is 9.84 Å². The normalized spacial score (nSPS) is 33.3. The lowest BCUT2D eigenvalue weighted by molar-refractivity contribution is 0.0632. The Morgan fingerprint density at radius 2 is 1.50 bits per heavy atom. The average molecular weight is 358 g/mol. The largest absolute Gasteiger partial charge is 0.325 e. The standard InChI is InChI=1S/C15H20BrNO2S/c16-12-1-3-13(4-2-12)20(18,19)11-14-5-8-15(17,9-6-14)10-7-14/h1-4H,5-11,17H2.